The van der Waals surface area contributed by atoms with E-state index in [4.69, 9.17) is 0 Å². The fourth-order valence-electron chi connectivity index (χ4n) is 1.53. The molecule has 0 aliphatic rings. The molecule has 0 saturated carbocycles. The number of thioether (sulfide) groups is 1. The van der Waals surface area contributed by atoms with Crippen LogP contribution in [-0.4, -0.2) is 11.0 Å². The normalized spacial score (nSPS) is 10.2. The average Bonchev–Trinajstić information content (AvgIpc) is 2.29. The van der Waals surface area contributed by atoms with Crippen LogP contribution in [0, 0.1) is 6.92 Å². The summed E-state index contributed by atoms with van der Waals surface area (Å²) in [5, 5.41) is 3.04. The first-order valence-electron chi connectivity index (χ1n) is 5.71. The molecule has 0 unspecified atom stereocenters. The first-order valence-corrected chi connectivity index (χ1v) is 6.69. The molecule has 0 fully saturated rings. The molecule has 0 radical (unpaired) electrons. The molecule has 0 spiro atoms. The second-order valence-corrected chi connectivity index (χ2v) is 4.79. The number of amides is 1. The Kier molecular flexibility index (Phi) is 5.39. The van der Waals surface area contributed by atoms with Gasteiger partial charge in [0.05, 0.1) is 0 Å². The topological polar surface area (TPSA) is 29.1 Å². The molecule has 1 aromatic carbocycles. The van der Waals surface area contributed by atoms with E-state index >= 15 is 0 Å². The maximum atomic E-state index is 11.6. The second-order valence-electron chi connectivity index (χ2n) is 3.72. The van der Waals surface area contributed by atoms with Crippen molar-refractivity contribution in [2.45, 2.75) is 33.6 Å². The summed E-state index contributed by atoms with van der Waals surface area (Å²) in [5.74, 6) is 0.874. The van der Waals surface area contributed by atoms with Gasteiger partial charge in [0.2, 0.25) is 0 Å². The molecule has 1 rings (SSSR count). The van der Waals surface area contributed by atoms with Crippen molar-refractivity contribution in [1.82, 2.24) is 0 Å². The van der Waals surface area contributed by atoms with Gasteiger partial charge in [-0.1, -0.05) is 43.8 Å². The average molecular weight is 237 g/mol. The third-order valence-corrected chi connectivity index (χ3v) is 3.38. The van der Waals surface area contributed by atoms with Gasteiger partial charge in [0.1, 0.15) is 0 Å². The van der Waals surface area contributed by atoms with E-state index in [1.165, 1.54) is 17.3 Å². The molecule has 0 atom stereocenters. The van der Waals surface area contributed by atoms with E-state index in [1.807, 2.05) is 19.1 Å². The van der Waals surface area contributed by atoms with E-state index < -0.39 is 0 Å². The molecular formula is C13H19NOS. The lowest BCUT2D eigenvalue weighted by molar-refractivity contribution is 0.269. The molecule has 0 aromatic heterocycles. The summed E-state index contributed by atoms with van der Waals surface area (Å²) in [6.07, 6.45) is 1.96. The fraction of sp³-hybridized carbons (Fsp3) is 0.462. The molecule has 88 valence electrons. The van der Waals surface area contributed by atoms with E-state index in [0.29, 0.717) is 0 Å². The molecule has 0 bridgehead atoms. The summed E-state index contributed by atoms with van der Waals surface area (Å²) < 4.78 is 0. The van der Waals surface area contributed by atoms with Crippen molar-refractivity contribution in [2.75, 3.05) is 11.1 Å². The number of anilines is 1. The highest BCUT2D eigenvalue weighted by Crippen LogP contribution is 2.22. The first kappa shape index (κ1) is 13.1. The summed E-state index contributed by atoms with van der Waals surface area (Å²) in [6, 6.07) is 6.12. The number of para-hydroxylation sites is 1. The van der Waals surface area contributed by atoms with Gasteiger partial charge in [-0.3, -0.25) is 4.79 Å². The third kappa shape index (κ3) is 3.56. The van der Waals surface area contributed by atoms with Crippen molar-refractivity contribution >= 4 is 22.7 Å². The summed E-state index contributed by atoms with van der Waals surface area (Å²) in [7, 11) is 0. The fourth-order valence-corrected chi connectivity index (χ4v) is 2.10. The molecule has 0 aliphatic heterocycles. The van der Waals surface area contributed by atoms with Gasteiger partial charge in [0.15, 0.2) is 0 Å². The van der Waals surface area contributed by atoms with E-state index in [9.17, 15) is 4.79 Å². The Morgan fingerprint density at radius 1 is 1.38 bits per heavy atom. The summed E-state index contributed by atoms with van der Waals surface area (Å²) in [4.78, 5) is 11.6. The van der Waals surface area contributed by atoms with Gasteiger partial charge >= 0.3 is 0 Å². The number of aryl methyl sites for hydroxylation is 2. The van der Waals surface area contributed by atoms with Crippen molar-refractivity contribution in [3.8, 4) is 0 Å². The Bertz CT molecular complexity index is 363. The third-order valence-electron chi connectivity index (χ3n) is 2.40. The Morgan fingerprint density at radius 3 is 2.75 bits per heavy atom. The van der Waals surface area contributed by atoms with E-state index in [1.54, 1.807) is 0 Å². The SMILES string of the molecule is CCCSC(=O)Nc1c(C)cccc1CC. The van der Waals surface area contributed by atoms with Crippen LogP contribution in [0.25, 0.3) is 0 Å². The van der Waals surface area contributed by atoms with Crippen molar-refractivity contribution in [1.29, 1.82) is 0 Å². The first-order chi connectivity index (χ1) is 7.69. The maximum absolute atomic E-state index is 11.6. The van der Waals surface area contributed by atoms with Crippen molar-refractivity contribution < 1.29 is 4.79 Å². The Hall–Kier alpha value is -0.960. The number of rotatable bonds is 4. The quantitative estimate of drug-likeness (QED) is 0.849. The highest BCUT2D eigenvalue weighted by atomic mass is 32.2. The van der Waals surface area contributed by atoms with Crippen LogP contribution in [0.5, 0.6) is 0 Å². The summed E-state index contributed by atoms with van der Waals surface area (Å²) >= 11 is 1.35. The van der Waals surface area contributed by atoms with Crippen LogP contribution in [-0.2, 0) is 6.42 Å². The molecule has 0 heterocycles. The van der Waals surface area contributed by atoms with Crippen molar-refractivity contribution in [3.05, 3.63) is 29.3 Å². The molecule has 1 N–H and O–H groups in total. The number of hydrogen-bond donors (Lipinski definition) is 1. The van der Waals surface area contributed by atoms with E-state index in [-0.39, 0.29) is 5.24 Å². The molecule has 1 aromatic rings. The zero-order chi connectivity index (χ0) is 12.0. The lowest BCUT2D eigenvalue weighted by Gasteiger charge is -2.12. The highest BCUT2D eigenvalue weighted by molar-refractivity contribution is 8.13. The van der Waals surface area contributed by atoms with Crippen LogP contribution in [0.15, 0.2) is 18.2 Å². The minimum atomic E-state index is 0.0471. The zero-order valence-electron chi connectivity index (χ0n) is 10.2. The second kappa shape index (κ2) is 6.59. The molecular weight excluding hydrogens is 218 g/mol. The summed E-state index contributed by atoms with van der Waals surface area (Å²) in [6.45, 7) is 6.20. The van der Waals surface area contributed by atoms with Gasteiger partial charge < -0.3 is 5.32 Å². The molecule has 3 heteroatoms. The van der Waals surface area contributed by atoms with Crippen molar-refractivity contribution in [2.24, 2.45) is 0 Å². The molecule has 0 aliphatic carbocycles. The maximum Gasteiger partial charge on any atom is 0.283 e. The van der Waals surface area contributed by atoms with Crippen LogP contribution in [0.3, 0.4) is 0 Å². The van der Waals surface area contributed by atoms with Crippen LogP contribution in [0.2, 0.25) is 0 Å². The number of nitrogens with one attached hydrogen (secondary N) is 1. The minimum Gasteiger partial charge on any atom is -0.316 e. The monoisotopic (exact) mass is 237 g/mol. The molecule has 0 saturated heterocycles. The standard InChI is InChI=1S/C13H19NOS/c1-4-9-16-13(15)14-12-10(3)7-6-8-11(12)5-2/h6-8H,4-5,9H2,1-3H3,(H,14,15). The zero-order valence-corrected chi connectivity index (χ0v) is 11.0. The Balaban J connectivity index is 2.75. The van der Waals surface area contributed by atoms with Gasteiger partial charge in [-0.2, -0.15) is 0 Å². The predicted octanol–water partition coefficient (Wildman–Crippen LogP) is 4.23. The number of benzene rings is 1. The van der Waals surface area contributed by atoms with E-state index in [0.717, 1.165) is 29.8 Å². The molecule has 1 amide bonds. The smallest absolute Gasteiger partial charge is 0.283 e. The number of carbonyl (C=O) groups excluding carboxylic acids is 1. The van der Waals surface area contributed by atoms with Crippen LogP contribution in [0.4, 0.5) is 10.5 Å². The van der Waals surface area contributed by atoms with Gasteiger partial charge in [0, 0.05) is 11.4 Å². The van der Waals surface area contributed by atoms with Crippen LogP contribution in [0.1, 0.15) is 31.4 Å². The number of carbonyl (C=O) groups is 1. The van der Waals surface area contributed by atoms with Gasteiger partial charge in [-0.05, 0) is 30.9 Å². The Labute approximate surface area is 102 Å². The predicted molar refractivity (Wildman–Crippen MR) is 72.3 cm³/mol. The van der Waals surface area contributed by atoms with Crippen LogP contribution < -0.4 is 5.32 Å². The minimum absolute atomic E-state index is 0.0471. The molecule has 2 nitrogen and oxygen atoms in total. The molecule has 16 heavy (non-hydrogen) atoms. The van der Waals surface area contributed by atoms with E-state index in [2.05, 4.69) is 25.2 Å². The van der Waals surface area contributed by atoms with Crippen LogP contribution >= 0.6 is 11.8 Å². The lowest BCUT2D eigenvalue weighted by atomic mass is 10.1. The summed E-state index contributed by atoms with van der Waals surface area (Å²) in [5.41, 5.74) is 3.31. The van der Waals surface area contributed by atoms with Gasteiger partial charge in [0.25, 0.3) is 5.24 Å². The van der Waals surface area contributed by atoms with Crippen molar-refractivity contribution in [3.63, 3.8) is 0 Å². The number of hydrogen-bond acceptors (Lipinski definition) is 2. The highest BCUT2D eigenvalue weighted by Gasteiger charge is 2.08. The van der Waals surface area contributed by atoms with Gasteiger partial charge in [-0.25, -0.2) is 0 Å². The lowest BCUT2D eigenvalue weighted by Crippen LogP contribution is -2.09. The largest absolute Gasteiger partial charge is 0.316 e. The Morgan fingerprint density at radius 2 is 2.12 bits per heavy atom. The van der Waals surface area contributed by atoms with Gasteiger partial charge in [-0.15, -0.1) is 0 Å².